The van der Waals surface area contributed by atoms with Crippen LogP contribution in [0.5, 0.6) is 0 Å². The monoisotopic (exact) mass is 309 g/mol. The van der Waals surface area contributed by atoms with Crippen molar-refractivity contribution in [2.75, 3.05) is 11.9 Å². The summed E-state index contributed by atoms with van der Waals surface area (Å²) in [4.78, 5) is 0. The van der Waals surface area contributed by atoms with Crippen molar-refractivity contribution in [3.05, 3.63) is 65.5 Å². The standard InChI is InChI=1S/C17H19N5O/c1-13-9-11-22(21-13)17-7-6-16(19-20-17)18-10-8-14-2-4-15(12-23)5-3-14/h2-7,9,11,23H,8,10,12H2,1H3,(H,18,19). The first kappa shape index (κ1) is 15.2. The SMILES string of the molecule is Cc1ccn(-c2ccc(NCCc3ccc(CO)cc3)nn2)n1. The highest BCUT2D eigenvalue weighted by atomic mass is 16.3. The van der Waals surface area contributed by atoms with Crippen molar-refractivity contribution in [2.24, 2.45) is 0 Å². The summed E-state index contributed by atoms with van der Waals surface area (Å²) in [6.45, 7) is 2.79. The second-order valence-corrected chi connectivity index (χ2v) is 5.33. The van der Waals surface area contributed by atoms with Gasteiger partial charge in [-0.2, -0.15) is 5.10 Å². The number of hydrogen-bond acceptors (Lipinski definition) is 5. The first-order valence-corrected chi connectivity index (χ1v) is 7.53. The van der Waals surface area contributed by atoms with E-state index in [2.05, 4.69) is 20.6 Å². The van der Waals surface area contributed by atoms with E-state index in [4.69, 9.17) is 5.11 Å². The lowest BCUT2D eigenvalue weighted by Gasteiger charge is -2.06. The third-order valence-electron chi connectivity index (χ3n) is 3.53. The number of aliphatic hydroxyl groups is 1. The van der Waals surface area contributed by atoms with Crippen molar-refractivity contribution in [3.8, 4) is 5.82 Å². The number of rotatable bonds is 6. The maximum atomic E-state index is 9.03. The van der Waals surface area contributed by atoms with Crippen molar-refractivity contribution in [3.63, 3.8) is 0 Å². The molecule has 2 N–H and O–H groups in total. The molecule has 0 bridgehead atoms. The van der Waals surface area contributed by atoms with E-state index in [0.29, 0.717) is 5.82 Å². The molecule has 0 radical (unpaired) electrons. The minimum atomic E-state index is 0.0796. The molecule has 0 fully saturated rings. The van der Waals surface area contributed by atoms with Crippen LogP contribution >= 0.6 is 0 Å². The molecule has 2 heterocycles. The maximum Gasteiger partial charge on any atom is 0.175 e. The van der Waals surface area contributed by atoms with Gasteiger partial charge in [-0.3, -0.25) is 0 Å². The Bertz CT molecular complexity index is 749. The molecule has 3 rings (SSSR count). The first-order chi connectivity index (χ1) is 11.2. The van der Waals surface area contributed by atoms with Crippen LogP contribution in [0.2, 0.25) is 0 Å². The van der Waals surface area contributed by atoms with Gasteiger partial charge in [0.15, 0.2) is 5.82 Å². The lowest BCUT2D eigenvalue weighted by Crippen LogP contribution is -2.08. The Morgan fingerprint density at radius 3 is 2.39 bits per heavy atom. The highest BCUT2D eigenvalue weighted by Crippen LogP contribution is 2.08. The molecule has 3 aromatic rings. The minimum Gasteiger partial charge on any atom is -0.392 e. The van der Waals surface area contributed by atoms with Crippen LogP contribution in [0.4, 0.5) is 5.82 Å². The number of aryl methyl sites for hydroxylation is 1. The number of nitrogens with zero attached hydrogens (tertiary/aromatic N) is 4. The van der Waals surface area contributed by atoms with Gasteiger partial charge in [0, 0.05) is 12.7 Å². The average Bonchev–Trinajstić information content (AvgIpc) is 3.03. The van der Waals surface area contributed by atoms with E-state index in [0.717, 1.165) is 30.0 Å². The second kappa shape index (κ2) is 7.02. The van der Waals surface area contributed by atoms with E-state index >= 15 is 0 Å². The largest absolute Gasteiger partial charge is 0.392 e. The van der Waals surface area contributed by atoms with Gasteiger partial charge in [0.2, 0.25) is 0 Å². The van der Waals surface area contributed by atoms with Crippen molar-refractivity contribution in [2.45, 2.75) is 20.0 Å². The van der Waals surface area contributed by atoms with Crippen LogP contribution in [-0.2, 0) is 13.0 Å². The summed E-state index contributed by atoms with van der Waals surface area (Å²) in [5.74, 6) is 1.44. The third kappa shape index (κ3) is 3.92. The van der Waals surface area contributed by atoms with Crippen LogP contribution in [0.25, 0.3) is 5.82 Å². The van der Waals surface area contributed by atoms with Gasteiger partial charge >= 0.3 is 0 Å². The number of anilines is 1. The van der Waals surface area contributed by atoms with Crippen LogP contribution < -0.4 is 5.32 Å². The molecule has 0 aliphatic carbocycles. The molecule has 23 heavy (non-hydrogen) atoms. The van der Waals surface area contributed by atoms with E-state index in [1.807, 2.05) is 55.6 Å². The molecule has 1 aromatic carbocycles. The number of nitrogens with one attached hydrogen (secondary N) is 1. The minimum absolute atomic E-state index is 0.0796. The Morgan fingerprint density at radius 1 is 1.00 bits per heavy atom. The van der Waals surface area contributed by atoms with Gasteiger partial charge < -0.3 is 10.4 Å². The molecular weight excluding hydrogens is 290 g/mol. The Hall–Kier alpha value is -2.73. The van der Waals surface area contributed by atoms with Gasteiger partial charge in [-0.25, -0.2) is 4.68 Å². The van der Waals surface area contributed by atoms with Crippen molar-refractivity contribution in [1.29, 1.82) is 0 Å². The zero-order chi connectivity index (χ0) is 16.1. The van der Waals surface area contributed by atoms with Gasteiger partial charge in [-0.05, 0) is 42.7 Å². The molecular formula is C17H19N5O. The van der Waals surface area contributed by atoms with Crippen molar-refractivity contribution >= 4 is 5.82 Å². The van der Waals surface area contributed by atoms with Crippen LogP contribution in [0.15, 0.2) is 48.7 Å². The van der Waals surface area contributed by atoms with Crippen LogP contribution in [-0.4, -0.2) is 31.6 Å². The molecule has 0 saturated heterocycles. The van der Waals surface area contributed by atoms with E-state index in [9.17, 15) is 0 Å². The Kier molecular flexibility index (Phi) is 4.63. The molecule has 0 unspecified atom stereocenters. The summed E-state index contributed by atoms with van der Waals surface area (Å²) in [5, 5.41) is 24.9. The summed E-state index contributed by atoms with van der Waals surface area (Å²) in [6.07, 6.45) is 2.75. The quantitative estimate of drug-likeness (QED) is 0.729. The second-order valence-electron chi connectivity index (χ2n) is 5.33. The van der Waals surface area contributed by atoms with Gasteiger partial charge in [-0.1, -0.05) is 24.3 Å². The van der Waals surface area contributed by atoms with Gasteiger partial charge in [0.25, 0.3) is 0 Å². The highest BCUT2D eigenvalue weighted by molar-refractivity contribution is 5.36. The molecule has 0 aliphatic heterocycles. The summed E-state index contributed by atoms with van der Waals surface area (Å²) >= 11 is 0. The first-order valence-electron chi connectivity index (χ1n) is 7.53. The topological polar surface area (TPSA) is 75.9 Å². The Labute approximate surface area is 134 Å². The fourth-order valence-electron chi connectivity index (χ4n) is 2.23. The third-order valence-corrected chi connectivity index (χ3v) is 3.53. The van der Waals surface area contributed by atoms with E-state index < -0.39 is 0 Å². The van der Waals surface area contributed by atoms with Crippen molar-refractivity contribution in [1.82, 2.24) is 20.0 Å². The van der Waals surface area contributed by atoms with Gasteiger partial charge in [0.1, 0.15) is 5.82 Å². The molecule has 6 heteroatoms. The fourth-order valence-corrected chi connectivity index (χ4v) is 2.23. The Balaban J connectivity index is 1.54. The number of aliphatic hydroxyl groups excluding tert-OH is 1. The lowest BCUT2D eigenvalue weighted by atomic mass is 10.1. The van der Waals surface area contributed by atoms with Gasteiger partial charge in [0.05, 0.1) is 12.3 Å². The average molecular weight is 309 g/mol. The molecule has 6 nitrogen and oxygen atoms in total. The normalized spacial score (nSPS) is 10.7. The van der Waals surface area contributed by atoms with Crippen LogP contribution in [0.1, 0.15) is 16.8 Å². The zero-order valence-corrected chi connectivity index (χ0v) is 13.0. The van der Waals surface area contributed by atoms with E-state index in [1.54, 1.807) is 4.68 Å². The lowest BCUT2D eigenvalue weighted by molar-refractivity contribution is 0.282. The molecule has 118 valence electrons. The summed E-state index contributed by atoms with van der Waals surface area (Å²) in [7, 11) is 0. The summed E-state index contributed by atoms with van der Waals surface area (Å²) in [6, 6.07) is 13.7. The van der Waals surface area contributed by atoms with E-state index in [-0.39, 0.29) is 6.61 Å². The fraction of sp³-hybridized carbons (Fsp3) is 0.235. The predicted octanol–water partition coefficient (Wildman–Crippen LogP) is 2.12. The molecule has 0 spiro atoms. The number of hydrogen-bond donors (Lipinski definition) is 2. The Morgan fingerprint density at radius 2 is 1.78 bits per heavy atom. The molecule has 2 aromatic heterocycles. The zero-order valence-electron chi connectivity index (χ0n) is 13.0. The van der Waals surface area contributed by atoms with Crippen LogP contribution in [0, 0.1) is 6.92 Å². The molecule has 0 atom stereocenters. The molecule has 0 saturated carbocycles. The number of aromatic nitrogens is 4. The maximum absolute atomic E-state index is 9.03. The number of benzene rings is 1. The summed E-state index contributed by atoms with van der Waals surface area (Å²) in [5.41, 5.74) is 3.09. The predicted molar refractivity (Wildman–Crippen MR) is 88.4 cm³/mol. The summed E-state index contributed by atoms with van der Waals surface area (Å²) < 4.78 is 1.70. The highest BCUT2D eigenvalue weighted by Gasteiger charge is 2.01. The molecule has 0 aliphatic rings. The molecule has 0 amide bonds. The van der Waals surface area contributed by atoms with Gasteiger partial charge in [-0.15, -0.1) is 10.2 Å². The van der Waals surface area contributed by atoms with Crippen molar-refractivity contribution < 1.29 is 5.11 Å². The van der Waals surface area contributed by atoms with Crippen LogP contribution in [0.3, 0.4) is 0 Å². The van der Waals surface area contributed by atoms with E-state index in [1.165, 1.54) is 5.56 Å². The smallest absolute Gasteiger partial charge is 0.175 e.